The molecular weight excluding hydrogens is 284 g/mol. The van der Waals surface area contributed by atoms with Crippen LogP contribution in [0.15, 0.2) is 0 Å². The van der Waals surface area contributed by atoms with E-state index in [0.717, 1.165) is 32.2 Å². The van der Waals surface area contributed by atoms with Gasteiger partial charge in [-0.25, -0.2) is 12.7 Å². The van der Waals surface area contributed by atoms with E-state index in [9.17, 15) is 8.42 Å². The maximum absolute atomic E-state index is 11.6. The molecule has 1 atom stereocenters. The van der Waals surface area contributed by atoms with Gasteiger partial charge in [-0.05, 0) is 38.1 Å². The van der Waals surface area contributed by atoms with Crippen LogP contribution in [0.25, 0.3) is 0 Å². The van der Waals surface area contributed by atoms with Crippen molar-refractivity contribution < 1.29 is 8.42 Å². The van der Waals surface area contributed by atoms with Crippen molar-refractivity contribution in [1.82, 2.24) is 9.62 Å². The summed E-state index contributed by atoms with van der Waals surface area (Å²) in [4.78, 5) is 0. The van der Waals surface area contributed by atoms with Crippen molar-refractivity contribution >= 4 is 21.6 Å². The van der Waals surface area contributed by atoms with Crippen molar-refractivity contribution in [3.63, 3.8) is 0 Å². The summed E-state index contributed by atoms with van der Waals surface area (Å²) in [6.07, 6.45) is 8.18. The predicted molar refractivity (Wildman–Crippen MR) is 79.1 cm³/mol. The third-order valence-electron chi connectivity index (χ3n) is 4.53. The zero-order chi connectivity index (χ0) is 13.9. The van der Waals surface area contributed by atoms with E-state index in [4.69, 9.17) is 11.6 Å². The molecule has 0 spiro atoms. The number of hydrogen-bond acceptors (Lipinski definition) is 3. The molecule has 2 rings (SSSR count). The summed E-state index contributed by atoms with van der Waals surface area (Å²) < 4.78 is 24.8. The molecule has 1 saturated heterocycles. The molecule has 19 heavy (non-hydrogen) atoms. The molecule has 1 heterocycles. The Morgan fingerprint density at radius 1 is 1.32 bits per heavy atom. The minimum Gasteiger partial charge on any atom is -0.310 e. The van der Waals surface area contributed by atoms with Crippen molar-refractivity contribution in [2.45, 2.75) is 44.1 Å². The van der Waals surface area contributed by atoms with Crippen LogP contribution in [0, 0.1) is 5.92 Å². The summed E-state index contributed by atoms with van der Waals surface area (Å²) in [5.74, 6) is 1.08. The number of alkyl halides is 1. The zero-order valence-corrected chi connectivity index (χ0v) is 13.3. The average molecular weight is 309 g/mol. The van der Waals surface area contributed by atoms with Gasteiger partial charge in [-0.2, -0.15) is 0 Å². The lowest BCUT2D eigenvalue weighted by Crippen LogP contribution is -2.49. The lowest BCUT2D eigenvalue weighted by Gasteiger charge is -2.35. The second-order valence-corrected chi connectivity index (χ2v) is 8.38. The lowest BCUT2D eigenvalue weighted by atomic mass is 9.95. The monoisotopic (exact) mass is 308 g/mol. The Balaban J connectivity index is 1.86. The van der Waals surface area contributed by atoms with Crippen LogP contribution in [-0.4, -0.2) is 50.0 Å². The van der Waals surface area contributed by atoms with E-state index in [1.807, 2.05) is 0 Å². The molecule has 2 aliphatic rings. The smallest absolute Gasteiger partial charge is 0.211 e. The number of halogens is 1. The van der Waals surface area contributed by atoms with E-state index in [1.54, 1.807) is 4.31 Å². The van der Waals surface area contributed by atoms with Gasteiger partial charge in [0.1, 0.15) is 0 Å². The van der Waals surface area contributed by atoms with Crippen molar-refractivity contribution in [1.29, 1.82) is 0 Å². The van der Waals surface area contributed by atoms with Gasteiger partial charge in [0.2, 0.25) is 10.0 Å². The number of hydrogen-bond donors (Lipinski definition) is 1. The highest BCUT2D eigenvalue weighted by Gasteiger charge is 2.34. The van der Waals surface area contributed by atoms with Crippen molar-refractivity contribution in [3.8, 4) is 0 Å². The van der Waals surface area contributed by atoms with Crippen LogP contribution in [0.2, 0.25) is 0 Å². The van der Waals surface area contributed by atoms with Gasteiger partial charge in [0, 0.05) is 24.5 Å². The van der Waals surface area contributed by atoms with Crippen LogP contribution in [0.5, 0.6) is 0 Å². The summed E-state index contributed by atoms with van der Waals surface area (Å²) in [7, 11) is -3.04. The minimum atomic E-state index is -3.04. The van der Waals surface area contributed by atoms with Gasteiger partial charge < -0.3 is 5.32 Å². The molecule has 1 aliphatic carbocycles. The summed E-state index contributed by atoms with van der Waals surface area (Å²) >= 11 is 6.11. The van der Waals surface area contributed by atoms with Gasteiger partial charge in [0.15, 0.2) is 0 Å². The van der Waals surface area contributed by atoms with E-state index in [-0.39, 0.29) is 5.54 Å². The normalized spacial score (nSPS) is 28.6. The number of piperidine rings is 1. The Morgan fingerprint density at radius 2 is 2.00 bits per heavy atom. The average Bonchev–Trinajstić information content (AvgIpc) is 2.85. The first-order valence-corrected chi connectivity index (χ1v) is 9.60. The van der Waals surface area contributed by atoms with Gasteiger partial charge in [-0.3, -0.25) is 0 Å². The fourth-order valence-corrected chi connectivity index (χ4v) is 4.57. The predicted octanol–water partition coefficient (Wildman–Crippen LogP) is 1.80. The molecule has 4 nitrogen and oxygen atoms in total. The Kier molecular flexibility index (Phi) is 5.15. The van der Waals surface area contributed by atoms with Gasteiger partial charge in [0.05, 0.1) is 6.26 Å². The molecule has 6 heteroatoms. The fourth-order valence-electron chi connectivity index (χ4n) is 3.26. The molecule has 0 bridgehead atoms. The van der Waals surface area contributed by atoms with Crippen molar-refractivity contribution in [2.75, 3.05) is 31.8 Å². The molecule has 0 radical (unpaired) electrons. The van der Waals surface area contributed by atoms with Crippen LogP contribution >= 0.6 is 11.6 Å². The van der Waals surface area contributed by atoms with Crippen LogP contribution in [0.1, 0.15) is 38.5 Å². The van der Waals surface area contributed by atoms with Crippen molar-refractivity contribution in [3.05, 3.63) is 0 Å². The topological polar surface area (TPSA) is 49.4 Å². The molecule has 1 N–H and O–H groups in total. The number of sulfonamides is 1. The van der Waals surface area contributed by atoms with Gasteiger partial charge in [0.25, 0.3) is 0 Å². The number of nitrogens with zero attached hydrogens (tertiary/aromatic N) is 1. The quantitative estimate of drug-likeness (QED) is 0.788. The summed E-state index contributed by atoms with van der Waals surface area (Å²) in [5.41, 5.74) is 0.106. The largest absolute Gasteiger partial charge is 0.310 e. The molecule has 1 saturated carbocycles. The molecular formula is C13H25ClN2O2S. The fraction of sp³-hybridized carbons (Fsp3) is 1.00. The molecule has 0 amide bonds. The van der Waals surface area contributed by atoms with Gasteiger partial charge in [-0.15, -0.1) is 11.6 Å². The van der Waals surface area contributed by atoms with E-state index in [0.29, 0.717) is 24.9 Å². The molecule has 1 unspecified atom stereocenters. The highest BCUT2D eigenvalue weighted by Crippen LogP contribution is 2.31. The Hall–Kier alpha value is 0.160. The maximum Gasteiger partial charge on any atom is 0.211 e. The van der Waals surface area contributed by atoms with Gasteiger partial charge >= 0.3 is 0 Å². The van der Waals surface area contributed by atoms with E-state index >= 15 is 0 Å². The van der Waals surface area contributed by atoms with Crippen LogP contribution in [-0.2, 0) is 10.0 Å². The highest BCUT2D eigenvalue weighted by atomic mass is 35.5. The molecule has 1 aliphatic heterocycles. The number of nitrogens with one attached hydrogen (secondary N) is 1. The summed E-state index contributed by atoms with van der Waals surface area (Å²) in [6.45, 7) is 2.22. The SMILES string of the molecule is CS(=O)(=O)N1CCCC(CNC2(CCl)CCCC2)C1. The summed E-state index contributed by atoms with van der Waals surface area (Å²) in [6, 6.07) is 0. The maximum atomic E-state index is 11.6. The van der Waals surface area contributed by atoms with Crippen LogP contribution in [0.3, 0.4) is 0 Å². The second kappa shape index (κ2) is 6.29. The standard InChI is InChI=1S/C13H25ClN2O2S/c1-19(17,18)16-8-4-5-12(10-16)9-15-13(11-14)6-2-3-7-13/h12,15H,2-11H2,1H3. The Bertz CT molecular complexity index is 393. The molecule has 0 aromatic rings. The molecule has 0 aromatic carbocycles. The van der Waals surface area contributed by atoms with E-state index in [2.05, 4.69) is 5.32 Å². The first-order chi connectivity index (χ1) is 8.95. The Labute approximate surface area is 121 Å². The second-order valence-electron chi connectivity index (χ2n) is 6.13. The third kappa shape index (κ3) is 4.06. The molecule has 0 aromatic heterocycles. The zero-order valence-electron chi connectivity index (χ0n) is 11.7. The van der Waals surface area contributed by atoms with Crippen LogP contribution in [0.4, 0.5) is 0 Å². The van der Waals surface area contributed by atoms with Gasteiger partial charge in [-0.1, -0.05) is 12.8 Å². The van der Waals surface area contributed by atoms with E-state index in [1.165, 1.54) is 19.1 Å². The third-order valence-corrected chi connectivity index (χ3v) is 6.31. The van der Waals surface area contributed by atoms with Crippen molar-refractivity contribution in [2.24, 2.45) is 5.92 Å². The number of rotatable bonds is 5. The lowest BCUT2D eigenvalue weighted by molar-refractivity contribution is 0.239. The first-order valence-electron chi connectivity index (χ1n) is 7.21. The van der Waals surface area contributed by atoms with E-state index < -0.39 is 10.0 Å². The minimum absolute atomic E-state index is 0.106. The first kappa shape index (κ1) is 15.5. The Morgan fingerprint density at radius 3 is 2.58 bits per heavy atom. The summed E-state index contributed by atoms with van der Waals surface area (Å²) in [5, 5.41) is 3.63. The van der Waals surface area contributed by atoms with Crippen LogP contribution < -0.4 is 5.32 Å². The molecule has 2 fully saturated rings. The highest BCUT2D eigenvalue weighted by molar-refractivity contribution is 7.88. The molecule has 112 valence electrons.